The number of methoxy groups -OCH3 is 2. The predicted octanol–water partition coefficient (Wildman–Crippen LogP) is 7.22. The SMILES string of the molecule is COc1cccc(CN(Cc2ccc(N(C)C)cc2)C(=O)OCCOC(=O)c2cncc(C(=O)OCCOC(=O)N(Cc3ccc(N(C)C)cc3)Cc3cccc(OC)c3)c2)c1. The van der Waals surface area contributed by atoms with Crippen LogP contribution in [0, 0.1) is 0 Å². The van der Waals surface area contributed by atoms with Crippen LogP contribution in [0.4, 0.5) is 21.0 Å². The molecule has 0 aliphatic rings. The van der Waals surface area contributed by atoms with Crippen LogP contribution < -0.4 is 19.3 Å². The van der Waals surface area contributed by atoms with E-state index in [-0.39, 0.29) is 63.7 Å². The van der Waals surface area contributed by atoms with Crippen molar-refractivity contribution in [1.82, 2.24) is 14.8 Å². The third kappa shape index (κ3) is 13.9. The molecule has 0 fully saturated rings. The molecule has 15 nitrogen and oxygen atoms in total. The molecule has 0 radical (unpaired) electrons. The number of esters is 2. The van der Waals surface area contributed by atoms with Crippen LogP contribution in [0.15, 0.2) is 116 Å². The number of rotatable bonds is 20. The fraction of sp³-hybridized carbons (Fsp3) is 0.298. The van der Waals surface area contributed by atoms with Crippen LogP contribution in [0.1, 0.15) is 43.0 Å². The summed E-state index contributed by atoms with van der Waals surface area (Å²) in [6.07, 6.45) is 1.29. The number of hydrogen-bond donors (Lipinski definition) is 0. The van der Waals surface area contributed by atoms with E-state index in [1.165, 1.54) is 18.5 Å². The molecule has 62 heavy (non-hydrogen) atoms. The van der Waals surface area contributed by atoms with Crippen LogP contribution in [0.5, 0.6) is 11.5 Å². The number of pyridine rings is 1. The molecule has 0 bridgehead atoms. The van der Waals surface area contributed by atoms with E-state index < -0.39 is 24.1 Å². The summed E-state index contributed by atoms with van der Waals surface area (Å²) in [5.74, 6) is -0.237. The highest BCUT2D eigenvalue weighted by Crippen LogP contribution is 2.21. The number of benzene rings is 4. The van der Waals surface area contributed by atoms with Crippen molar-refractivity contribution in [2.24, 2.45) is 0 Å². The Morgan fingerprint density at radius 1 is 0.468 bits per heavy atom. The van der Waals surface area contributed by atoms with Gasteiger partial charge in [-0.2, -0.15) is 0 Å². The third-order valence-electron chi connectivity index (χ3n) is 9.48. The highest BCUT2D eigenvalue weighted by atomic mass is 16.6. The Balaban J connectivity index is 1.10. The van der Waals surface area contributed by atoms with E-state index >= 15 is 0 Å². The van der Waals surface area contributed by atoms with Crippen LogP contribution in [0.3, 0.4) is 0 Å². The number of carbonyl (C=O) groups is 4. The van der Waals surface area contributed by atoms with Crippen LogP contribution >= 0.6 is 0 Å². The second-order valence-electron chi connectivity index (χ2n) is 14.5. The summed E-state index contributed by atoms with van der Waals surface area (Å²) < 4.78 is 32.4. The minimum absolute atomic E-state index is 0.00942. The van der Waals surface area contributed by atoms with Crippen molar-refractivity contribution in [1.29, 1.82) is 0 Å². The van der Waals surface area contributed by atoms with E-state index in [4.69, 9.17) is 28.4 Å². The number of carbonyl (C=O) groups excluding carboxylic acids is 4. The lowest BCUT2D eigenvalue weighted by atomic mass is 10.1. The molecule has 0 saturated heterocycles. The summed E-state index contributed by atoms with van der Waals surface area (Å²) in [7, 11) is 11.0. The summed E-state index contributed by atoms with van der Waals surface area (Å²) in [6, 6.07) is 31.8. The molecule has 0 spiro atoms. The van der Waals surface area contributed by atoms with Gasteiger partial charge < -0.3 is 38.2 Å². The Labute approximate surface area is 362 Å². The molecule has 0 aliphatic heterocycles. The quantitative estimate of drug-likeness (QED) is 0.0441. The van der Waals surface area contributed by atoms with Crippen molar-refractivity contribution in [2.45, 2.75) is 26.2 Å². The van der Waals surface area contributed by atoms with Gasteiger partial charge in [0, 0.05) is 78.1 Å². The lowest BCUT2D eigenvalue weighted by Crippen LogP contribution is -2.31. The second-order valence-corrected chi connectivity index (χ2v) is 14.5. The highest BCUT2D eigenvalue weighted by Gasteiger charge is 2.20. The Morgan fingerprint density at radius 2 is 0.839 bits per heavy atom. The zero-order valence-corrected chi connectivity index (χ0v) is 35.9. The van der Waals surface area contributed by atoms with Crippen LogP contribution in [-0.4, -0.2) is 108 Å². The summed E-state index contributed by atoms with van der Waals surface area (Å²) in [4.78, 5) is 63.5. The van der Waals surface area contributed by atoms with Crippen LogP contribution in [-0.2, 0) is 45.1 Å². The number of aromatic nitrogens is 1. The molecule has 15 heteroatoms. The van der Waals surface area contributed by atoms with Crippen molar-refractivity contribution in [3.05, 3.63) is 149 Å². The first kappa shape index (κ1) is 45.8. The topological polar surface area (TPSA) is 150 Å². The number of anilines is 2. The number of ether oxygens (including phenoxy) is 6. The number of amides is 2. The molecule has 2 amide bonds. The monoisotopic (exact) mass is 847 g/mol. The smallest absolute Gasteiger partial charge is 0.410 e. The van der Waals surface area contributed by atoms with Gasteiger partial charge in [0.15, 0.2) is 0 Å². The van der Waals surface area contributed by atoms with Crippen LogP contribution in [0.25, 0.3) is 0 Å². The van der Waals surface area contributed by atoms with E-state index in [0.29, 0.717) is 11.5 Å². The third-order valence-corrected chi connectivity index (χ3v) is 9.48. The first-order valence-corrected chi connectivity index (χ1v) is 19.8. The average Bonchev–Trinajstić information content (AvgIpc) is 3.29. The fourth-order valence-electron chi connectivity index (χ4n) is 6.13. The van der Waals surface area contributed by atoms with E-state index in [1.807, 2.05) is 135 Å². The van der Waals surface area contributed by atoms with Crippen molar-refractivity contribution in [2.75, 3.05) is 78.6 Å². The van der Waals surface area contributed by atoms with Gasteiger partial charge in [-0.1, -0.05) is 48.5 Å². The van der Waals surface area contributed by atoms with Crippen molar-refractivity contribution >= 4 is 35.5 Å². The second kappa shape index (κ2) is 22.9. The van der Waals surface area contributed by atoms with Gasteiger partial charge in [0.1, 0.15) is 37.9 Å². The molecule has 0 saturated carbocycles. The molecule has 0 N–H and O–H groups in total. The maximum absolute atomic E-state index is 13.3. The maximum Gasteiger partial charge on any atom is 0.410 e. The summed E-state index contributed by atoms with van der Waals surface area (Å²) in [5.41, 5.74) is 5.52. The lowest BCUT2D eigenvalue weighted by Gasteiger charge is -2.23. The average molecular weight is 848 g/mol. The largest absolute Gasteiger partial charge is 0.497 e. The molecule has 0 aliphatic carbocycles. The van der Waals surface area contributed by atoms with Crippen molar-refractivity contribution < 1.29 is 47.6 Å². The van der Waals surface area contributed by atoms with Gasteiger partial charge in [-0.3, -0.25) is 14.8 Å². The standard InChI is InChI=1S/C47H53N5O10/c1-49(2)40-17-13-34(14-18-40)30-51(32-36-9-7-11-42(25-36)57-5)46(55)61-23-21-59-44(53)38-27-39(29-48-28-38)45(54)60-22-24-62-47(56)52(33-37-10-8-12-43(26-37)58-6)31-35-15-19-41(20-16-35)50(3)4/h7-20,25-29H,21-24,30-33H2,1-6H3. The maximum atomic E-state index is 13.3. The summed E-state index contributed by atoms with van der Waals surface area (Å²) in [5, 5.41) is 0. The number of nitrogens with zero attached hydrogens (tertiary/aromatic N) is 5. The molecule has 0 atom stereocenters. The Morgan fingerprint density at radius 3 is 1.21 bits per heavy atom. The van der Waals surface area contributed by atoms with Crippen molar-refractivity contribution in [3.63, 3.8) is 0 Å². The van der Waals surface area contributed by atoms with Gasteiger partial charge in [-0.15, -0.1) is 0 Å². The summed E-state index contributed by atoms with van der Waals surface area (Å²) >= 11 is 0. The van der Waals surface area contributed by atoms with Crippen LogP contribution in [0.2, 0.25) is 0 Å². The molecule has 5 aromatic rings. The van der Waals surface area contributed by atoms with Gasteiger partial charge in [0.2, 0.25) is 0 Å². The zero-order valence-electron chi connectivity index (χ0n) is 35.9. The molecule has 4 aromatic carbocycles. The molecule has 1 heterocycles. The first-order valence-electron chi connectivity index (χ1n) is 19.8. The molecule has 5 rings (SSSR count). The predicted molar refractivity (Wildman–Crippen MR) is 234 cm³/mol. The normalized spacial score (nSPS) is 10.5. The van der Waals surface area contributed by atoms with Crippen molar-refractivity contribution in [3.8, 4) is 11.5 Å². The zero-order chi connectivity index (χ0) is 44.4. The molecular formula is C47H53N5O10. The van der Waals surface area contributed by atoms with Gasteiger partial charge in [0.25, 0.3) is 0 Å². The van der Waals surface area contributed by atoms with Gasteiger partial charge >= 0.3 is 24.1 Å². The van der Waals surface area contributed by atoms with Gasteiger partial charge in [-0.25, -0.2) is 19.2 Å². The summed E-state index contributed by atoms with van der Waals surface area (Å²) in [6.45, 7) is 0.120. The lowest BCUT2D eigenvalue weighted by molar-refractivity contribution is 0.0341. The Hall–Kier alpha value is -7.29. The van der Waals surface area contributed by atoms with E-state index in [9.17, 15) is 19.2 Å². The Kier molecular flexibility index (Phi) is 16.9. The van der Waals surface area contributed by atoms with Gasteiger partial charge in [0.05, 0.1) is 25.3 Å². The van der Waals surface area contributed by atoms with E-state index in [0.717, 1.165) is 33.6 Å². The minimum Gasteiger partial charge on any atom is -0.497 e. The number of hydrogen-bond acceptors (Lipinski definition) is 13. The molecule has 326 valence electrons. The molecular weight excluding hydrogens is 795 g/mol. The van der Waals surface area contributed by atoms with Gasteiger partial charge in [-0.05, 0) is 76.9 Å². The molecule has 1 aromatic heterocycles. The highest BCUT2D eigenvalue weighted by molar-refractivity contribution is 5.94. The molecule has 0 unspecified atom stereocenters. The first-order chi connectivity index (χ1) is 29.9. The Bertz CT molecular complexity index is 2100. The van der Waals surface area contributed by atoms with E-state index in [2.05, 4.69) is 4.98 Å². The van der Waals surface area contributed by atoms with E-state index in [1.54, 1.807) is 24.0 Å². The fourth-order valence-corrected chi connectivity index (χ4v) is 6.13. The minimum atomic E-state index is -0.779.